The average molecular weight is 511 g/mol. The zero-order chi connectivity index (χ0) is 26.2. The highest BCUT2D eigenvalue weighted by Crippen LogP contribution is 2.35. The molecule has 0 aliphatic rings. The average Bonchev–Trinajstić information content (AvgIpc) is 2.86. The van der Waals surface area contributed by atoms with Crippen molar-refractivity contribution in [3.8, 4) is 11.5 Å². The maximum Gasteiger partial charge on any atom is 0.416 e. The Kier molecular flexibility index (Phi) is 5.87. The van der Waals surface area contributed by atoms with E-state index in [2.05, 4.69) is 30.6 Å². The predicted molar refractivity (Wildman–Crippen MR) is 125 cm³/mol. The maximum absolute atomic E-state index is 14.0. The molecule has 0 atom stereocenters. The first-order valence-electron chi connectivity index (χ1n) is 10.6. The number of nitrogens with one attached hydrogen (secondary N) is 4. The van der Waals surface area contributed by atoms with E-state index in [0.717, 1.165) is 6.20 Å². The lowest BCUT2D eigenvalue weighted by Crippen LogP contribution is -2.21. The highest BCUT2D eigenvalue weighted by atomic mass is 19.4. The van der Waals surface area contributed by atoms with E-state index in [0.29, 0.717) is 51.8 Å². The Morgan fingerprint density at radius 2 is 1.78 bits per heavy atom. The van der Waals surface area contributed by atoms with Gasteiger partial charge in [0.2, 0.25) is 0 Å². The Labute approximate surface area is 204 Å². The molecule has 0 spiro atoms. The quantitative estimate of drug-likeness (QED) is 0.297. The van der Waals surface area contributed by atoms with Gasteiger partial charge in [0.15, 0.2) is 11.3 Å². The van der Waals surface area contributed by atoms with Gasteiger partial charge in [-0.1, -0.05) is 0 Å². The second kappa shape index (κ2) is 9.18. The van der Waals surface area contributed by atoms with Gasteiger partial charge in [0.25, 0.3) is 0 Å². The van der Waals surface area contributed by atoms with Crippen LogP contribution in [-0.2, 0) is 6.18 Å². The zero-order valence-electron chi connectivity index (χ0n) is 18.5. The number of ether oxygens (including phenoxy) is 1. The molecule has 0 radical (unpaired) electrons. The van der Waals surface area contributed by atoms with Gasteiger partial charge in [0.05, 0.1) is 28.7 Å². The van der Waals surface area contributed by atoms with Gasteiger partial charge in [-0.25, -0.2) is 28.9 Å². The van der Waals surface area contributed by atoms with Crippen molar-refractivity contribution in [2.24, 2.45) is 0 Å². The van der Waals surface area contributed by atoms with Gasteiger partial charge in [0.1, 0.15) is 17.8 Å². The Balaban J connectivity index is 1.44. The molecule has 2 aromatic carbocycles. The molecular formula is C24H15F4N6O3+. The number of pyridine rings is 2. The number of carbonyl (C=O) groups excluding carboxylic acids is 1. The van der Waals surface area contributed by atoms with Crippen LogP contribution in [0.4, 0.5) is 33.7 Å². The van der Waals surface area contributed by atoms with Crippen LogP contribution in [0.25, 0.3) is 22.1 Å². The minimum Gasteiger partial charge on any atom is -0.454 e. The van der Waals surface area contributed by atoms with Crippen molar-refractivity contribution in [1.82, 2.24) is 15.0 Å². The van der Waals surface area contributed by atoms with Crippen LogP contribution in [-0.4, -0.2) is 21.0 Å². The lowest BCUT2D eigenvalue weighted by atomic mass is 10.1. The first-order chi connectivity index (χ1) is 17.7. The number of amides is 2. The minimum atomic E-state index is -4.70. The molecule has 0 aliphatic carbocycles. The maximum atomic E-state index is 14.0. The largest absolute Gasteiger partial charge is 0.454 e. The van der Waals surface area contributed by atoms with E-state index in [4.69, 9.17) is 4.74 Å². The summed E-state index contributed by atoms with van der Waals surface area (Å²) >= 11 is 0. The summed E-state index contributed by atoms with van der Waals surface area (Å²) < 4.78 is 59.0. The van der Waals surface area contributed by atoms with Gasteiger partial charge in [-0.05, 0) is 42.5 Å². The van der Waals surface area contributed by atoms with Crippen LogP contribution in [0.1, 0.15) is 5.56 Å². The van der Waals surface area contributed by atoms with E-state index >= 15 is 0 Å². The lowest BCUT2D eigenvalue weighted by Gasteiger charge is -2.14. The van der Waals surface area contributed by atoms with E-state index in [1.807, 2.05) is 0 Å². The van der Waals surface area contributed by atoms with Crippen LogP contribution >= 0.6 is 0 Å². The van der Waals surface area contributed by atoms with Crippen molar-refractivity contribution in [3.05, 3.63) is 88.9 Å². The van der Waals surface area contributed by atoms with Gasteiger partial charge in [-0.15, -0.1) is 0 Å². The summed E-state index contributed by atoms with van der Waals surface area (Å²) in [6, 6.07) is 8.68. The Morgan fingerprint density at radius 3 is 2.59 bits per heavy atom. The molecule has 186 valence electrons. The fraction of sp³-hybridized carbons (Fsp3) is 0.0417. The van der Waals surface area contributed by atoms with Crippen molar-refractivity contribution in [2.45, 2.75) is 6.18 Å². The molecule has 0 aliphatic heterocycles. The third kappa shape index (κ3) is 4.87. The van der Waals surface area contributed by atoms with Gasteiger partial charge in [0, 0.05) is 17.6 Å². The number of aromatic nitrogens is 4. The van der Waals surface area contributed by atoms with Crippen LogP contribution in [0.3, 0.4) is 0 Å². The normalized spacial score (nSPS) is 11.5. The van der Waals surface area contributed by atoms with Crippen molar-refractivity contribution < 1.29 is 32.1 Å². The molecule has 37 heavy (non-hydrogen) atoms. The molecule has 4 N–H and O–H groups in total. The molecule has 0 unspecified atom stereocenters. The second-order valence-corrected chi connectivity index (χ2v) is 7.70. The molecule has 0 saturated heterocycles. The number of fused-ring (bicyclic) bond motifs is 2. The molecule has 3 aromatic heterocycles. The summed E-state index contributed by atoms with van der Waals surface area (Å²) in [6.07, 6.45) is -0.561. The van der Waals surface area contributed by atoms with E-state index in [1.54, 1.807) is 30.5 Å². The number of hydrogen-bond donors (Lipinski definition) is 3. The highest BCUT2D eigenvalue weighted by molar-refractivity contribution is 6.06. The van der Waals surface area contributed by atoms with Crippen molar-refractivity contribution >= 4 is 39.5 Å². The number of hydrogen-bond acceptors (Lipinski definition) is 5. The van der Waals surface area contributed by atoms with Gasteiger partial charge < -0.3 is 15.4 Å². The highest BCUT2D eigenvalue weighted by Gasteiger charge is 2.31. The molecule has 5 aromatic rings. The number of urea groups is 1. The van der Waals surface area contributed by atoms with E-state index in [9.17, 15) is 27.2 Å². The number of alkyl halides is 3. The molecule has 13 heteroatoms. The fourth-order valence-electron chi connectivity index (χ4n) is 3.58. The standard InChI is InChI=1S/C24H14F4N6O3/c25-14-4-3-12(24(26,27)28)10-16(14)33-23(36)32-15-5-6-17(13-2-1-8-29-20(13)15)37-18-7-9-30-22-21(18)31-11-19(35)34-22/h1-11H,(H,30,34,35)(H2,32,33,36)/p+1. The summed E-state index contributed by atoms with van der Waals surface area (Å²) in [4.78, 5) is 37.9. The molecule has 0 fully saturated rings. The Hall–Kier alpha value is -5.07. The third-order valence-electron chi connectivity index (χ3n) is 5.23. The second-order valence-electron chi connectivity index (χ2n) is 7.70. The number of halogens is 4. The van der Waals surface area contributed by atoms with Gasteiger partial charge in [-0.3, -0.25) is 4.98 Å². The smallest absolute Gasteiger partial charge is 0.416 e. The molecule has 0 saturated carbocycles. The van der Waals surface area contributed by atoms with Gasteiger partial charge >= 0.3 is 23.4 Å². The number of nitrogens with zero attached hydrogens (tertiary/aromatic N) is 2. The molecule has 3 heterocycles. The number of benzene rings is 2. The summed E-state index contributed by atoms with van der Waals surface area (Å²) in [6.45, 7) is 0. The van der Waals surface area contributed by atoms with Crippen LogP contribution in [0, 0.1) is 5.82 Å². The number of anilines is 2. The molecule has 9 nitrogen and oxygen atoms in total. The fourth-order valence-corrected chi connectivity index (χ4v) is 3.58. The predicted octanol–water partition coefficient (Wildman–Crippen LogP) is 4.88. The minimum absolute atomic E-state index is 0.196. The van der Waals surface area contributed by atoms with E-state index < -0.39 is 34.8 Å². The third-order valence-corrected chi connectivity index (χ3v) is 5.23. The van der Waals surface area contributed by atoms with E-state index in [1.165, 1.54) is 12.3 Å². The van der Waals surface area contributed by atoms with E-state index in [-0.39, 0.29) is 5.69 Å². The summed E-state index contributed by atoms with van der Waals surface area (Å²) in [5, 5.41) is 5.05. The Bertz CT molecular complexity index is 1720. The summed E-state index contributed by atoms with van der Waals surface area (Å²) in [5.74, 6) is -0.357. The van der Waals surface area contributed by atoms with Crippen LogP contribution in [0.15, 0.2) is 71.9 Å². The molecule has 5 rings (SSSR count). The lowest BCUT2D eigenvalue weighted by molar-refractivity contribution is -0.348. The molecule has 0 bridgehead atoms. The van der Waals surface area contributed by atoms with Crippen LogP contribution in [0.2, 0.25) is 0 Å². The topological polar surface area (TPSA) is 123 Å². The summed E-state index contributed by atoms with van der Waals surface area (Å²) in [7, 11) is 0. The van der Waals surface area contributed by atoms with Crippen molar-refractivity contribution in [3.63, 3.8) is 0 Å². The molecular weight excluding hydrogens is 496 g/mol. The van der Waals surface area contributed by atoms with Crippen molar-refractivity contribution in [1.29, 1.82) is 0 Å². The number of H-pyrrole nitrogens is 2. The Morgan fingerprint density at radius 1 is 0.973 bits per heavy atom. The van der Waals surface area contributed by atoms with Crippen LogP contribution in [0.5, 0.6) is 11.5 Å². The SMILES string of the molecule is O=C(Nc1cc(C(F)(F)F)ccc1F)Nc1ccc(Oc2cc[nH+]c3[nH]c(=O)cnc23)c2cccnc12. The summed E-state index contributed by atoms with van der Waals surface area (Å²) in [5.41, 5.74) is -0.929. The molecule has 2 amide bonds. The van der Waals surface area contributed by atoms with Crippen LogP contribution < -0.4 is 25.9 Å². The monoisotopic (exact) mass is 511 g/mol. The zero-order valence-corrected chi connectivity index (χ0v) is 18.5. The number of carbonyl (C=O) groups is 1. The van der Waals surface area contributed by atoms with Gasteiger partial charge in [-0.2, -0.15) is 13.2 Å². The number of aromatic amines is 2. The van der Waals surface area contributed by atoms with Crippen molar-refractivity contribution in [2.75, 3.05) is 10.6 Å². The first kappa shape index (κ1) is 23.7. The first-order valence-corrected chi connectivity index (χ1v) is 10.6. The number of rotatable bonds is 4.